The number of carbonyl (C=O) groups is 1. The highest BCUT2D eigenvalue weighted by Crippen LogP contribution is 2.18. The molecule has 1 aromatic carbocycles. The second-order valence-corrected chi connectivity index (χ2v) is 4.72. The average molecular weight is 243 g/mol. The van der Waals surface area contributed by atoms with Crippen molar-refractivity contribution < 1.29 is 4.79 Å². The van der Waals surface area contributed by atoms with Crippen LogP contribution in [-0.4, -0.2) is 30.4 Å². The largest absolute Gasteiger partial charge is 0.326 e. The summed E-state index contributed by atoms with van der Waals surface area (Å²) in [6, 6.07) is 9.35. The lowest BCUT2D eigenvalue weighted by Crippen LogP contribution is -2.29. The SMILES string of the molecule is CN1CCCC1CC(=O)Nc1ccc(C#N)cc1. The molecule has 0 aromatic heterocycles. The minimum absolute atomic E-state index is 0.0402. The molecule has 1 heterocycles. The van der Waals surface area contributed by atoms with Gasteiger partial charge in [-0.2, -0.15) is 5.26 Å². The highest BCUT2D eigenvalue weighted by Gasteiger charge is 2.23. The summed E-state index contributed by atoms with van der Waals surface area (Å²) in [6.45, 7) is 1.08. The zero-order valence-corrected chi connectivity index (χ0v) is 10.5. The summed E-state index contributed by atoms with van der Waals surface area (Å²) in [6.07, 6.45) is 2.80. The first-order chi connectivity index (χ1) is 8.69. The van der Waals surface area contributed by atoms with Gasteiger partial charge in [-0.05, 0) is 50.7 Å². The van der Waals surface area contributed by atoms with E-state index in [1.807, 2.05) is 0 Å². The Labute approximate surface area is 107 Å². The predicted molar refractivity (Wildman–Crippen MR) is 70.1 cm³/mol. The Balaban J connectivity index is 1.88. The number of nitrogens with one attached hydrogen (secondary N) is 1. The normalized spacial score (nSPS) is 19.4. The highest BCUT2D eigenvalue weighted by molar-refractivity contribution is 5.91. The van der Waals surface area contributed by atoms with Crippen LogP contribution < -0.4 is 5.32 Å². The number of benzene rings is 1. The molecule has 1 aliphatic heterocycles. The van der Waals surface area contributed by atoms with Crippen molar-refractivity contribution in [2.45, 2.75) is 25.3 Å². The van der Waals surface area contributed by atoms with Gasteiger partial charge in [-0.25, -0.2) is 0 Å². The van der Waals surface area contributed by atoms with Crippen LogP contribution in [0.1, 0.15) is 24.8 Å². The fraction of sp³-hybridized carbons (Fsp3) is 0.429. The lowest BCUT2D eigenvalue weighted by Gasteiger charge is -2.18. The van der Waals surface area contributed by atoms with Crippen LogP contribution in [0.2, 0.25) is 0 Å². The van der Waals surface area contributed by atoms with Crippen molar-refractivity contribution in [3.05, 3.63) is 29.8 Å². The monoisotopic (exact) mass is 243 g/mol. The lowest BCUT2D eigenvalue weighted by molar-refractivity contribution is -0.117. The molecule has 1 aliphatic rings. The van der Waals surface area contributed by atoms with Gasteiger partial charge >= 0.3 is 0 Å². The molecule has 2 rings (SSSR count). The van der Waals surface area contributed by atoms with Crippen LogP contribution in [0.4, 0.5) is 5.69 Å². The molecule has 1 N–H and O–H groups in total. The number of nitrogens with zero attached hydrogens (tertiary/aromatic N) is 2. The maximum absolute atomic E-state index is 11.9. The number of amides is 1. The van der Waals surface area contributed by atoms with E-state index in [1.165, 1.54) is 6.42 Å². The second-order valence-electron chi connectivity index (χ2n) is 4.72. The lowest BCUT2D eigenvalue weighted by atomic mass is 10.1. The van der Waals surface area contributed by atoms with Crippen LogP contribution in [0, 0.1) is 11.3 Å². The van der Waals surface area contributed by atoms with Crippen molar-refractivity contribution in [3.63, 3.8) is 0 Å². The van der Waals surface area contributed by atoms with Gasteiger partial charge < -0.3 is 10.2 Å². The Morgan fingerprint density at radius 1 is 1.50 bits per heavy atom. The molecule has 4 heteroatoms. The van der Waals surface area contributed by atoms with E-state index in [2.05, 4.69) is 23.3 Å². The first kappa shape index (κ1) is 12.6. The van der Waals surface area contributed by atoms with Crippen LogP contribution in [0.15, 0.2) is 24.3 Å². The molecule has 0 bridgehead atoms. The maximum atomic E-state index is 11.9. The Bertz CT molecular complexity index is 461. The first-order valence-electron chi connectivity index (χ1n) is 6.19. The van der Waals surface area contributed by atoms with Crippen LogP contribution in [0.25, 0.3) is 0 Å². The molecular formula is C14H17N3O. The van der Waals surface area contributed by atoms with Crippen molar-refractivity contribution in [3.8, 4) is 6.07 Å². The molecule has 0 spiro atoms. The van der Waals surface area contributed by atoms with Gasteiger partial charge in [0.2, 0.25) is 5.91 Å². The maximum Gasteiger partial charge on any atom is 0.225 e. The molecule has 1 unspecified atom stereocenters. The number of nitriles is 1. The van der Waals surface area contributed by atoms with E-state index in [1.54, 1.807) is 24.3 Å². The van der Waals surface area contributed by atoms with E-state index >= 15 is 0 Å². The van der Waals surface area contributed by atoms with Crippen molar-refractivity contribution in [1.82, 2.24) is 4.90 Å². The van der Waals surface area contributed by atoms with Gasteiger partial charge in [0.1, 0.15) is 0 Å². The first-order valence-corrected chi connectivity index (χ1v) is 6.19. The van der Waals surface area contributed by atoms with Crippen LogP contribution in [0.3, 0.4) is 0 Å². The zero-order valence-electron chi connectivity index (χ0n) is 10.5. The van der Waals surface area contributed by atoms with Gasteiger partial charge in [-0.3, -0.25) is 4.79 Å². The molecular weight excluding hydrogens is 226 g/mol. The van der Waals surface area contributed by atoms with Crippen molar-refractivity contribution >= 4 is 11.6 Å². The number of hydrogen-bond donors (Lipinski definition) is 1. The van der Waals surface area contributed by atoms with Gasteiger partial charge in [0.25, 0.3) is 0 Å². The van der Waals surface area contributed by atoms with Gasteiger partial charge in [0.05, 0.1) is 11.6 Å². The van der Waals surface area contributed by atoms with E-state index in [-0.39, 0.29) is 5.91 Å². The van der Waals surface area contributed by atoms with Crippen molar-refractivity contribution in [2.24, 2.45) is 0 Å². The predicted octanol–water partition coefficient (Wildman–Crippen LogP) is 1.98. The van der Waals surface area contributed by atoms with Gasteiger partial charge in [-0.15, -0.1) is 0 Å². The number of carbonyl (C=O) groups excluding carboxylic acids is 1. The Morgan fingerprint density at radius 2 is 2.22 bits per heavy atom. The summed E-state index contributed by atoms with van der Waals surface area (Å²) >= 11 is 0. The quantitative estimate of drug-likeness (QED) is 0.883. The fourth-order valence-corrected chi connectivity index (χ4v) is 2.29. The molecule has 94 valence electrons. The van der Waals surface area contributed by atoms with Crippen molar-refractivity contribution in [2.75, 3.05) is 18.9 Å². The van der Waals surface area contributed by atoms with Crippen LogP contribution in [-0.2, 0) is 4.79 Å². The Morgan fingerprint density at radius 3 is 2.78 bits per heavy atom. The second kappa shape index (κ2) is 5.65. The average Bonchev–Trinajstić information content (AvgIpc) is 2.76. The molecule has 1 aromatic rings. The fourth-order valence-electron chi connectivity index (χ4n) is 2.29. The van der Waals surface area contributed by atoms with Gasteiger partial charge in [0, 0.05) is 18.2 Å². The number of hydrogen-bond acceptors (Lipinski definition) is 3. The Kier molecular flexibility index (Phi) is 3.96. The highest BCUT2D eigenvalue weighted by atomic mass is 16.1. The molecule has 1 amide bonds. The molecule has 1 atom stereocenters. The van der Waals surface area contributed by atoms with E-state index in [9.17, 15) is 4.79 Å². The number of anilines is 1. The molecule has 0 aliphatic carbocycles. The molecule has 4 nitrogen and oxygen atoms in total. The molecule has 18 heavy (non-hydrogen) atoms. The molecule has 0 saturated carbocycles. The molecule has 0 radical (unpaired) electrons. The van der Waals surface area contributed by atoms with E-state index in [4.69, 9.17) is 5.26 Å². The minimum atomic E-state index is 0.0402. The summed E-state index contributed by atoms with van der Waals surface area (Å²) in [4.78, 5) is 14.1. The zero-order chi connectivity index (χ0) is 13.0. The van der Waals surface area contributed by atoms with E-state index in [0.29, 0.717) is 18.0 Å². The third-order valence-corrected chi connectivity index (χ3v) is 3.39. The summed E-state index contributed by atoms with van der Waals surface area (Å²) in [5, 5.41) is 11.6. The summed E-state index contributed by atoms with van der Waals surface area (Å²) < 4.78 is 0. The summed E-state index contributed by atoms with van der Waals surface area (Å²) in [7, 11) is 2.06. The summed E-state index contributed by atoms with van der Waals surface area (Å²) in [5.74, 6) is 0.0402. The van der Waals surface area contributed by atoms with E-state index < -0.39 is 0 Å². The van der Waals surface area contributed by atoms with Crippen LogP contribution in [0.5, 0.6) is 0 Å². The summed E-state index contributed by atoms with van der Waals surface area (Å²) in [5.41, 5.74) is 1.35. The molecule has 1 fully saturated rings. The third kappa shape index (κ3) is 3.08. The minimum Gasteiger partial charge on any atom is -0.326 e. The van der Waals surface area contributed by atoms with E-state index in [0.717, 1.165) is 18.7 Å². The standard InChI is InChI=1S/C14H17N3O/c1-17-8-2-3-13(17)9-14(18)16-12-6-4-11(10-15)5-7-12/h4-7,13H,2-3,8-9H2,1H3,(H,16,18). The number of likely N-dealkylation sites (tertiary alicyclic amines) is 1. The Hall–Kier alpha value is -1.86. The smallest absolute Gasteiger partial charge is 0.225 e. The molecule has 1 saturated heterocycles. The van der Waals surface area contributed by atoms with Gasteiger partial charge in [-0.1, -0.05) is 0 Å². The van der Waals surface area contributed by atoms with Crippen LogP contribution >= 0.6 is 0 Å². The van der Waals surface area contributed by atoms with Crippen molar-refractivity contribution in [1.29, 1.82) is 5.26 Å². The van der Waals surface area contributed by atoms with Gasteiger partial charge in [0.15, 0.2) is 0 Å². The topological polar surface area (TPSA) is 56.1 Å². The number of rotatable bonds is 3. The third-order valence-electron chi connectivity index (χ3n) is 3.39.